The number of carbonyl (C=O) groups excluding carboxylic acids is 1. The molecule has 0 aliphatic carbocycles. The fourth-order valence-corrected chi connectivity index (χ4v) is 5.29. The second-order valence-corrected chi connectivity index (χ2v) is 10.6. The molecule has 2 saturated heterocycles. The zero-order valence-electron chi connectivity index (χ0n) is 22.6. The Kier molecular flexibility index (Phi) is 8.74. The van der Waals surface area contributed by atoms with Gasteiger partial charge in [-0.2, -0.15) is 18.4 Å². The molecule has 0 unspecified atom stereocenters. The number of likely N-dealkylation sites (tertiary alicyclic amines) is 1. The molecule has 0 radical (unpaired) electrons. The molecule has 2 fully saturated rings. The minimum atomic E-state index is -4.36. The molecule has 0 spiro atoms. The number of carbonyl (C=O) groups is 1. The number of piperidine rings is 2. The van der Waals surface area contributed by atoms with Gasteiger partial charge in [0.05, 0.1) is 29.1 Å². The van der Waals surface area contributed by atoms with Crippen LogP contribution < -0.4 is 15.0 Å². The van der Waals surface area contributed by atoms with E-state index < -0.39 is 11.7 Å². The van der Waals surface area contributed by atoms with Crippen LogP contribution in [0.4, 0.5) is 18.9 Å². The van der Waals surface area contributed by atoms with Crippen molar-refractivity contribution in [2.75, 3.05) is 31.1 Å². The summed E-state index contributed by atoms with van der Waals surface area (Å²) in [4.78, 5) is 21.8. The molecule has 41 heavy (non-hydrogen) atoms. The van der Waals surface area contributed by atoms with Crippen LogP contribution in [0, 0.1) is 11.3 Å². The molecule has 1 N–H and O–H groups in total. The maximum Gasteiger partial charge on any atom is 0.416 e. The van der Waals surface area contributed by atoms with E-state index in [0.717, 1.165) is 76.2 Å². The van der Waals surface area contributed by atoms with E-state index >= 15 is 0 Å². The van der Waals surface area contributed by atoms with Crippen molar-refractivity contribution in [3.63, 3.8) is 0 Å². The number of rotatable bonds is 7. The van der Waals surface area contributed by atoms with E-state index in [1.54, 1.807) is 12.3 Å². The maximum absolute atomic E-state index is 12.8. The summed E-state index contributed by atoms with van der Waals surface area (Å²) in [6.07, 6.45) is 0.469. The first kappa shape index (κ1) is 28.4. The summed E-state index contributed by atoms with van der Waals surface area (Å²) in [6.45, 7) is 4.04. The van der Waals surface area contributed by atoms with Gasteiger partial charge in [0.25, 0.3) is 5.91 Å². The van der Waals surface area contributed by atoms with Crippen LogP contribution in [0.15, 0.2) is 66.9 Å². The van der Waals surface area contributed by atoms with Crippen molar-refractivity contribution in [2.45, 2.75) is 50.6 Å². The number of nitriles is 1. The highest BCUT2D eigenvalue weighted by molar-refractivity contribution is 5.92. The molecule has 3 aromatic rings. The first-order valence-corrected chi connectivity index (χ1v) is 13.8. The Bertz CT molecular complexity index is 1340. The highest BCUT2D eigenvalue weighted by Gasteiger charge is 2.30. The Morgan fingerprint density at radius 3 is 2.22 bits per heavy atom. The number of ether oxygens (including phenoxy) is 1. The van der Waals surface area contributed by atoms with Gasteiger partial charge in [-0.15, -0.1) is 0 Å². The Balaban J connectivity index is 1.04. The summed E-state index contributed by atoms with van der Waals surface area (Å²) in [5.41, 5.74) is 2.45. The van der Waals surface area contributed by atoms with Crippen molar-refractivity contribution < 1.29 is 22.7 Å². The Morgan fingerprint density at radius 1 is 0.951 bits per heavy atom. The van der Waals surface area contributed by atoms with Gasteiger partial charge in [0, 0.05) is 51.6 Å². The van der Waals surface area contributed by atoms with E-state index in [-0.39, 0.29) is 18.1 Å². The third-order valence-corrected chi connectivity index (χ3v) is 7.68. The maximum atomic E-state index is 12.8. The van der Waals surface area contributed by atoms with Crippen molar-refractivity contribution in [2.24, 2.45) is 0 Å². The van der Waals surface area contributed by atoms with Gasteiger partial charge in [-0.05, 0) is 66.9 Å². The Morgan fingerprint density at radius 2 is 1.63 bits per heavy atom. The van der Waals surface area contributed by atoms with Gasteiger partial charge in [0.2, 0.25) is 0 Å². The van der Waals surface area contributed by atoms with Crippen molar-refractivity contribution >= 4 is 11.6 Å². The van der Waals surface area contributed by atoms with E-state index in [1.807, 2.05) is 30.3 Å². The van der Waals surface area contributed by atoms with Crippen molar-refractivity contribution in [3.05, 3.63) is 89.2 Å². The van der Waals surface area contributed by atoms with E-state index in [4.69, 9.17) is 10.00 Å². The van der Waals surface area contributed by atoms with Crippen LogP contribution in [0.25, 0.3) is 0 Å². The second-order valence-electron chi connectivity index (χ2n) is 10.6. The van der Waals surface area contributed by atoms with Crippen LogP contribution in [-0.4, -0.2) is 54.1 Å². The fourth-order valence-electron chi connectivity index (χ4n) is 5.29. The lowest BCUT2D eigenvalue weighted by atomic mass is 10.0. The van der Waals surface area contributed by atoms with Gasteiger partial charge in [-0.1, -0.05) is 12.1 Å². The minimum absolute atomic E-state index is 0.0727. The van der Waals surface area contributed by atoms with Crippen molar-refractivity contribution in [1.82, 2.24) is 15.2 Å². The van der Waals surface area contributed by atoms with Gasteiger partial charge in [-0.3, -0.25) is 9.69 Å². The minimum Gasteiger partial charge on any atom is -0.490 e. The molecular formula is C31H32F3N5O2. The van der Waals surface area contributed by atoms with Gasteiger partial charge in [-0.25, -0.2) is 4.98 Å². The number of aromatic nitrogens is 1. The molecule has 3 heterocycles. The van der Waals surface area contributed by atoms with Gasteiger partial charge in [0.1, 0.15) is 17.5 Å². The summed E-state index contributed by atoms with van der Waals surface area (Å²) in [5.74, 6) is 0.260. The van der Waals surface area contributed by atoms with Gasteiger partial charge in [0.15, 0.2) is 0 Å². The van der Waals surface area contributed by atoms with Crippen molar-refractivity contribution in [1.29, 1.82) is 5.26 Å². The lowest BCUT2D eigenvalue weighted by Crippen LogP contribution is -2.44. The number of amides is 1. The molecule has 1 aromatic heterocycles. The number of nitrogens with zero attached hydrogens (tertiary/aromatic N) is 4. The van der Waals surface area contributed by atoms with E-state index in [1.165, 1.54) is 17.7 Å². The molecule has 2 aromatic carbocycles. The van der Waals surface area contributed by atoms with E-state index in [0.29, 0.717) is 17.0 Å². The zero-order valence-corrected chi connectivity index (χ0v) is 22.6. The SMILES string of the molecule is N#Cc1ccc(CN2CCC(NC(=O)c3ccc(N4CCC(Oc5ccc(C(F)(F)F)cc5)CC4)cn3)CC2)cc1. The van der Waals surface area contributed by atoms with Crippen LogP contribution in [-0.2, 0) is 12.7 Å². The van der Waals surface area contributed by atoms with Crippen LogP contribution in [0.5, 0.6) is 5.75 Å². The number of nitrogens with one attached hydrogen (secondary N) is 1. The fraction of sp³-hybridized carbons (Fsp3) is 0.387. The Labute approximate surface area is 237 Å². The predicted molar refractivity (Wildman–Crippen MR) is 148 cm³/mol. The molecule has 7 nitrogen and oxygen atoms in total. The molecule has 0 saturated carbocycles. The summed E-state index contributed by atoms with van der Waals surface area (Å²) in [6, 6.07) is 18.3. The van der Waals surface area contributed by atoms with Gasteiger partial charge >= 0.3 is 6.18 Å². The van der Waals surface area contributed by atoms with Gasteiger partial charge < -0.3 is 15.0 Å². The first-order chi connectivity index (χ1) is 19.8. The highest BCUT2D eigenvalue weighted by Crippen LogP contribution is 2.31. The number of benzene rings is 2. The standard InChI is InChI=1S/C31H32F3N5O2/c32-31(33,34)24-5-8-27(9-6-24)41-28-13-17-39(18-14-28)26-7-10-29(36-20-26)30(40)37-25-11-15-38(16-12-25)21-23-3-1-22(19-35)2-4-23/h1-10,20,25,28H,11-18,21H2,(H,37,40). The molecule has 0 bridgehead atoms. The predicted octanol–water partition coefficient (Wildman–Crippen LogP) is 5.41. The lowest BCUT2D eigenvalue weighted by molar-refractivity contribution is -0.137. The largest absolute Gasteiger partial charge is 0.490 e. The molecule has 5 rings (SSSR count). The first-order valence-electron chi connectivity index (χ1n) is 13.8. The number of alkyl halides is 3. The molecule has 10 heteroatoms. The number of pyridine rings is 1. The third kappa shape index (κ3) is 7.55. The van der Waals surface area contributed by atoms with Crippen LogP contribution in [0.3, 0.4) is 0 Å². The lowest BCUT2D eigenvalue weighted by Gasteiger charge is -2.33. The van der Waals surface area contributed by atoms with Crippen LogP contribution in [0.1, 0.15) is 52.9 Å². The van der Waals surface area contributed by atoms with Crippen LogP contribution in [0.2, 0.25) is 0 Å². The van der Waals surface area contributed by atoms with Crippen molar-refractivity contribution in [3.8, 4) is 11.8 Å². The number of hydrogen-bond acceptors (Lipinski definition) is 6. The number of anilines is 1. The smallest absolute Gasteiger partial charge is 0.416 e. The monoisotopic (exact) mass is 563 g/mol. The zero-order chi connectivity index (χ0) is 28.8. The number of halogens is 3. The summed E-state index contributed by atoms with van der Waals surface area (Å²) in [7, 11) is 0. The van der Waals surface area contributed by atoms with E-state index in [9.17, 15) is 18.0 Å². The molecule has 2 aliphatic heterocycles. The average Bonchev–Trinajstić information content (AvgIpc) is 2.99. The third-order valence-electron chi connectivity index (χ3n) is 7.68. The molecular weight excluding hydrogens is 531 g/mol. The topological polar surface area (TPSA) is 81.5 Å². The Hall–Kier alpha value is -4.10. The molecule has 214 valence electrons. The summed E-state index contributed by atoms with van der Waals surface area (Å²) in [5, 5.41) is 12.1. The molecule has 0 atom stereocenters. The highest BCUT2D eigenvalue weighted by atomic mass is 19.4. The number of hydrogen-bond donors (Lipinski definition) is 1. The summed E-state index contributed by atoms with van der Waals surface area (Å²) < 4.78 is 44.2. The molecule has 2 aliphatic rings. The quantitative estimate of drug-likeness (QED) is 0.414. The average molecular weight is 564 g/mol. The van der Waals surface area contributed by atoms with Crippen LogP contribution >= 0.6 is 0 Å². The molecule has 1 amide bonds. The normalized spacial score (nSPS) is 17.2. The summed E-state index contributed by atoms with van der Waals surface area (Å²) >= 11 is 0. The van der Waals surface area contributed by atoms with E-state index in [2.05, 4.69) is 26.2 Å². The second kappa shape index (κ2) is 12.6.